The van der Waals surface area contributed by atoms with Gasteiger partial charge in [-0.1, -0.05) is 117 Å². The van der Waals surface area contributed by atoms with Crippen molar-refractivity contribution in [2.24, 2.45) is 58.1 Å². The molecule has 0 unspecified atom stereocenters. The van der Waals surface area contributed by atoms with Crippen molar-refractivity contribution < 1.29 is 57.8 Å². The molecule has 0 fully saturated rings. The molecule has 29 heteroatoms. The van der Waals surface area contributed by atoms with Crippen molar-refractivity contribution in [1.29, 1.82) is 0 Å². The van der Waals surface area contributed by atoms with Crippen molar-refractivity contribution in [3.8, 4) is 0 Å². The maximum absolute atomic E-state index is 14.9. The molecule has 0 bridgehead atoms. The number of aromatic amines is 1. The number of carboxylic acid groups (broad SMARTS) is 1. The maximum atomic E-state index is 14.9. The fraction of sp³-hybridized carbons (Fsp3) is 0.662. The van der Waals surface area contributed by atoms with Crippen LogP contribution in [0.1, 0.15) is 189 Å². The van der Waals surface area contributed by atoms with E-state index in [1.807, 2.05) is 72.7 Å². The summed E-state index contributed by atoms with van der Waals surface area (Å²) in [6.07, 6.45) is 7.86. The maximum Gasteiger partial charge on any atom is 0.326 e. The third kappa shape index (κ3) is 33.1. The smallest absolute Gasteiger partial charge is 0.326 e. The van der Waals surface area contributed by atoms with Crippen LogP contribution in [0.5, 0.6) is 0 Å². The number of unbranched alkanes of at least 4 members (excludes halogenated alkanes) is 5. The Morgan fingerprint density at radius 3 is 1.13 bits per heavy atom. The Morgan fingerprint density at radius 1 is 0.379 bits per heavy atom. The van der Waals surface area contributed by atoms with Gasteiger partial charge in [-0.3, -0.25) is 47.9 Å². The van der Waals surface area contributed by atoms with E-state index < -0.39 is 137 Å². The number of fused-ring (bicyclic) bond motifs is 1. The Labute approximate surface area is 608 Å². The van der Waals surface area contributed by atoms with Crippen LogP contribution in [0.15, 0.2) is 60.8 Å². The van der Waals surface area contributed by atoms with Gasteiger partial charge >= 0.3 is 5.97 Å². The lowest BCUT2D eigenvalue weighted by Crippen LogP contribution is -2.61. The Bertz CT molecular complexity index is 3100. The van der Waals surface area contributed by atoms with E-state index in [0.29, 0.717) is 101 Å². The molecule has 103 heavy (non-hydrogen) atoms. The molecule has 0 aliphatic rings. The third-order valence-electron chi connectivity index (χ3n) is 18.1. The molecule has 0 aliphatic carbocycles. The molecule has 1 aromatic heterocycles. The Balaban J connectivity index is 1.99. The molecule has 24 N–H and O–H groups in total. The number of nitrogens with one attached hydrogen (secondary N) is 11. The largest absolute Gasteiger partial charge is 0.480 e. The van der Waals surface area contributed by atoms with Crippen molar-refractivity contribution in [3.05, 3.63) is 71.9 Å². The van der Waals surface area contributed by atoms with Gasteiger partial charge in [-0.15, -0.1) is 0 Å². The zero-order valence-electron chi connectivity index (χ0n) is 62.2. The number of hydrogen-bond acceptors (Lipinski definition) is 17. The molecule has 0 radical (unpaired) electrons. The predicted molar refractivity (Wildman–Crippen MR) is 399 cm³/mol. The van der Waals surface area contributed by atoms with Gasteiger partial charge in [0.25, 0.3) is 0 Å². The number of rotatable bonds is 53. The summed E-state index contributed by atoms with van der Waals surface area (Å²) in [5.74, 6) is -9.31. The highest BCUT2D eigenvalue weighted by Crippen LogP contribution is 2.21. The van der Waals surface area contributed by atoms with Gasteiger partial charge in [0.05, 0.1) is 6.04 Å². The quantitative estimate of drug-likeness (QED) is 0.0360. The van der Waals surface area contributed by atoms with Gasteiger partial charge in [0.1, 0.15) is 60.4 Å². The first-order chi connectivity index (χ1) is 49.1. The van der Waals surface area contributed by atoms with E-state index in [2.05, 4.69) is 58.2 Å². The average Bonchev–Trinajstić information content (AvgIpc) is 1.74. The number of carboxylic acids is 1. The highest BCUT2D eigenvalue weighted by atomic mass is 16.4. The summed E-state index contributed by atoms with van der Waals surface area (Å²) < 4.78 is 0. The number of carbonyl (C=O) groups is 11. The monoisotopic (exact) mass is 1440 g/mol. The molecular weight excluding hydrogens is 1320 g/mol. The van der Waals surface area contributed by atoms with E-state index in [9.17, 15) is 57.8 Å². The number of H-pyrrole nitrogens is 1. The third-order valence-corrected chi connectivity index (χ3v) is 18.1. The Kier molecular flexibility index (Phi) is 42.2. The van der Waals surface area contributed by atoms with Crippen molar-refractivity contribution in [2.45, 2.75) is 257 Å². The topological polar surface area (TPSA) is 500 Å². The molecule has 0 saturated carbocycles. The summed E-state index contributed by atoms with van der Waals surface area (Å²) in [7, 11) is 0. The van der Waals surface area contributed by atoms with Crippen LogP contribution in [0.25, 0.3) is 10.9 Å². The fourth-order valence-electron chi connectivity index (χ4n) is 12.0. The molecule has 578 valence electrons. The number of benzene rings is 2. The number of nitrogens with two attached hydrogens (primary N) is 6. The van der Waals surface area contributed by atoms with Crippen molar-refractivity contribution in [2.75, 3.05) is 32.7 Å². The molecule has 0 aliphatic heterocycles. The van der Waals surface area contributed by atoms with E-state index in [0.717, 1.165) is 10.9 Å². The van der Waals surface area contributed by atoms with E-state index >= 15 is 0 Å². The van der Waals surface area contributed by atoms with E-state index in [-0.39, 0.29) is 95.2 Å². The molecule has 0 saturated heterocycles. The molecular formula is C74H125N17O12. The molecule has 2 aromatic carbocycles. The predicted octanol–water partition coefficient (Wildman–Crippen LogP) is 2.04. The van der Waals surface area contributed by atoms with Crippen LogP contribution in [0.4, 0.5) is 0 Å². The molecule has 3 rings (SSSR count). The van der Waals surface area contributed by atoms with Crippen LogP contribution in [0, 0.1) is 23.7 Å². The number of amides is 10. The molecule has 10 amide bonds. The minimum absolute atomic E-state index is 0.0461. The van der Waals surface area contributed by atoms with Gasteiger partial charge in [0.2, 0.25) is 59.1 Å². The van der Waals surface area contributed by atoms with Gasteiger partial charge in [0.15, 0.2) is 0 Å². The van der Waals surface area contributed by atoms with Gasteiger partial charge in [-0.2, -0.15) is 0 Å². The summed E-state index contributed by atoms with van der Waals surface area (Å²) in [5, 5.41) is 39.0. The van der Waals surface area contributed by atoms with Gasteiger partial charge in [-0.25, -0.2) is 4.79 Å². The number of aromatic nitrogens is 1. The highest BCUT2D eigenvalue weighted by molar-refractivity contribution is 5.99. The second-order valence-corrected chi connectivity index (χ2v) is 28.4. The molecule has 0 spiro atoms. The minimum Gasteiger partial charge on any atom is -0.480 e. The van der Waals surface area contributed by atoms with Crippen LogP contribution in [0.2, 0.25) is 0 Å². The number of hydrogen-bond donors (Lipinski definition) is 18. The van der Waals surface area contributed by atoms with E-state index in [1.165, 1.54) is 0 Å². The number of para-hydroxylation sites is 1. The zero-order valence-corrected chi connectivity index (χ0v) is 62.2. The summed E-state index contributed by atoms with van der Waals surface area (Å²) >= 11 is 0. The van der Waals surface area contributed by atoms with Crippen molar-refractivity contribution in [3.63, 3.8) is 0 Å². The van der Waals surface area contributed by atoms with Crippen LogP contribution >= 0.6 is 0 Å². The Hall–Kier alpha value is -8.09. The van der Waals surface area contributed by atoms with Gasteiger partial charge in [-0.05, 0) is 183 Å². The first-order valence-electron chi connectivity index (χ1n) is 37.2. The van der Waals surface area contributed by atoms with Crippen molar-refractivity contribution >= 4 is 75.9 Å². The SMILES string of the molecule is CC[C@H](C)[C@H](NC(=O)[C@H](CCCCN)NC(=O)[C@H](CCCCN)NC(=O)[C@H](Cc1ccccc1)NC(=O)[C@H](CC(C)C)NC(=O)[C@H](CCCCN)NC(=O)[C@@H](N)CCCCN)C(=O)N[C@@H](CC(C)C)C(=O)N[C@@H](CCCCN)C(=O)N[C@@H](Cc1c[nH]c2ccccc12)C(=O)N[C@@H](CC(C)C)C(=O)O. The van der Waals surface area contributed by atoms with Crippen LogP contribution in [-0.2, 0) is 65.6 Å². The minimum atomic E-state index is -1.32. The second-order valence-electron chi connectivity index (χ2n) is 28.4. The highest BCUT2D eigenvalue weighted by Gasteiger charge is 2.38. The van der Waals surface area contributed by atoms with Gasteiger partial charge in [0, 0.05) is 29.9 Å². The van der Waals surface area contributed by atoms with Gasteiger partial charge < -0.3 is 97.7 Å². The average molecular weight is 1440 g/mol. The summed E-state index contributed by atoms with van der Waals surface area (Å²) in [5.41, 5.74) is 37.5. The number of aliphatic carboxylic acids is 1. The molecule has 29 nitrogen and oxygen atoms in total. The standard InChI is InChI=1S/C74H125N17O12/c1-9-48(8)63(73(101)89-59(40-46(4)5)69(97)84-56(32-18-23-37-78)67(95)88-61(72(100)90-62(74(102)103)41-47(6)7)43-50-44-81-53-29-14-13-27-51(50)53)91-68(96)57(33-19-24-38-79)83-65(93)55(31-17-22-36-77)85-71(99)60(42-49-25-11-10-12-26-49)87-70(98)58(39-45(2)3)86-66(94)54(30-16-21-35-76)82-64(92)52(80)28-15-20-34-75/h10-14,25-27,29,44-48,52,54-63,81H,9,15-24,28,30-43,75-80H2,1-8H3,(H,82,92)(H,83,93)(H,84,97)(H,85,99)(H,86,94)(H,87,98)(H,88,95)(H,89,101)(H,90,100)(H,91,96)(H,102,103)/t48-,52-,54-,55-,56-,57-,58-,59-,60-,61-,62-,63-/m0/s1. The van der Waals surface area contributed by atoms with Crippen LogP contribution in [-0.4, -0.2) is 174 Å². The normalized spacial score (nSPS) is 15.0. The van der Waals surface area contributed by atoms with E-state index in [1.54, 1.807) is 43.5 Å². The first kappa shape index (κ1) is 89.1. The van der Waals surface area contributed by atoms with Crippen LogP contribution < -0.4 is 87.6 Å². The molecule has 3 aromatic rings. The second kappa shape index (κ2) is 48.8. The molecule has 1 heterocycles. The molecule has 12 atom stereocenters. The number of carbonyl (C=O) groups excluding carboxylic acids is 10. The van der Waals surface area contributed by atoms with Crippen molar-refractivity contribution in [1.82, 2.24) is 58.2 Å². The summed E-state index contributed by atoms with van der Waals surface area (Å²) in [4.78, 5) is 161. The summed E-state index contributed by atoms with van der Waals surface area (Å²) in [6.45, 7) is 16.2. The lowest BCUT2D eigenvalue weighted by Gasteiger charge is -2.30. The lowest BCUT2D eigenvalue weighted by atomic mass is 9.95. The zero-order chi connectivity index (χ0) is 76.6. The fourth-order valence-corrected chi connectivity index (χ4v) is 12.0. The van der Waals surface area contributed by atoms with E-state index in [4.69, 9.17) is 34.4 Å². The Morgan fingerprint density at radius 2 is 0.709 bits per heavy atom. The first-order valence-corrected chi connectivity index (χ1v) is 37.2. The lowest BCUT2D eigenvalue weighted by molar-refractivity contribution is -0.142. The summed E-state index contributed by atoms with van der Waals surface area (Å²) in [6, 6.07) is 2.78. The van der Waals surface area contributed by atoms with Crippen LogP contribution in [0.3, 0.4) is 0 Å².